The Labute approximate surface area is 199 Å². The molecule has 1 unspecified atom stereocenters. The van der Waals surface area contributed by atoms with Crippen molar-refractivity contribution in [3.8, 4) is 11.5 Å². The van der Waals surface area contributed by atoms with Gasteiger partial charge in [0.2, 0.25) is 0 Å². The van der Waals surface area contributed by atoms with Crippen LogP contribution in [-0.4, -0.2) is 77.1 Å². The summed E-state index contributed by atoms with van der Waals surface area (Å²) in [5, 5.41) is 6.89. The van der Waals surface area contributed by atoms with Crippen LogP contribution in [0.15, 0.2) is 23.2 Å². The van der Waals surface area contributed by atoms with Crippen LogP contribution in [0, 0.1) is 0 Å². The van der Waals surface area contributed by atoms with E-state index < -0.39 is 0 Å². The maximum atomic E-state index is 5.72. The van der Waals surface area contributed by atoms with Crippen molar-refractivity contribution in [3.05, 3.63) is 23.8 Å². The average Bonchev–Trinajstić information content (AvgIpc) is 3.18. The van der Waals surface area contributed by atoms with E-state index in [-0.39, 0.29) is 24.0 Å². The van der Waals surface area contributed by atoms with Crippen LogP contribution in [0.4, 0.5) is 0 Å². The molecule has 2 N–H and O–H groups in total. The lowest BCUT2D eigenvalue weighted by molar-refractivity contribution is 0.141. The molecule has 2 rings (SSSR count). The fourth-order valence-electron chi connectivity index (χ4n) is 3.64. The molecule has 0 aromatic heterocycles. The van der Waals surface area contributed by atoms with Gasteiger partial charge in [0.25, 0.3) is 0 Å². The van der Waals surface area contributed by atoms with E-state index in [2.05, 4.69) is 32.7 Å². The molecule has 0 spiro atoms. The smallest absolute Gasteiger partial charge is 0.191 e. The van der Waals surface area contributed by atoms with E-state index in [1.54, 1.807) is 7.11 Å². The Morgan fingerprint density at radius 2 is 1.93 bits per heavy atom. The third kappa shape index (κ3) is 8.85. The number of halogens is 1. The first-order valence-electron chi connectivity index (χ1n) is 10.8. The van der Waals surface area contributed by atoms with E-state index in [4.69, 9.17) is 14.2 Å². The number of nitrogens with zero attached hydrogens (tertiary/aromatic N) is 2. The number of ether oxygens (including phenoxy) is 3. The van der Waals surface area contributed by atoms with E-state index >= 15 is 0 Å². The summed E-state index contributed by atoms with van der Waals surface area (Å²) in [4.78, 5) is 6.86. The van der Waals surface area contributed by atoms with Crippen LogP contribution in [0.5, 0.6) is 11.5 Å². The largest absolute Gasteiger partial charge is 0.490 e. The lowest BCUT2D eigenvalue weighted by Gasteiger charge is -2.25. The highest BCUT2D eigenvalue weighted by molar-refractivity contribution is 14.0. The number of rotatable bonds is 12. The number of hydrogen-bond donors (Lipinski definition) is 2. The van der Waals surface area contributed by atoms with Crippen LogP contribution in [-0.2, 0) is 11.2 Å². The predicted molar refractivity (Wildman–Crippen MR) is 134 cm³/mol. The molecule has 0 aliphatic carbocycles. The van der Waals surface area contributed by atoms with Gasteiger partial charge in [0, 0.05) is 39.8 Å². The summed E-state index contributed by atoms with van der Waals surface area (Å²) < 4.78 is 16.6. The Morgan fingerprint density at radius 3 is 2.63 bits per heavy atom. The number of hydrogen-bond acceptors (Lipinski definition) is 5. The molecule has 172 valence electrons. The molecular formula is C22H39IN4O3. The number of guanidine groups is 1. The van der Waals surface area contributed by atoms with Gasteiger partial charge in [0.15, 0.2) is 17.5 Å². The summed E-state index contributed by atoms with van der Waals surface area (Å²) in [5.74, 6) is 2.46. The Bertz CT molecular complexity index is 630. The summed E-state index contributed by atoms with van der Waals surface area (Å²) in [6, 6.07) is 6.70. The number of aliphatic imine (C=N–C) groups is 1. The van der Waals surface area contributed by atoms with Crippen molar-refractivity contribution < 1.29 is 14.2 Å². The highest BCUT2D eigenvalue weighted by Gasteiger charge is 2.23. The summed E-state index contributed by atoms with van der Waals surface area (Å²) >= 11 is 0. The van der Waals surface area contributed by atoms with Crippen LogP contribution < -0.4 is 20.1 Å². The van der Waals surface area contributed by atoms with E-state index in [0.717, 1.165) is 56.7 Å². The maximum Gasteiger partial charge on any atom is 0.191 e. The topological polar surface area (TPSA) is 67.4 Å². The highest BCUT2D eigenvalue weighted by Crippen LogP contribution is 2.28. The SMILES string of the molecule is CCOc1ccc(CCNC(=NC)NCC2CCCN2CCOC)cc1OCC.I. The van der Waals surface area contributed by atoms with E-state index in [1.165, 1.54) is 18.4 Å². The number of methoxy groups -OCH3 is 1. The lowest BCUT2D eigenvalue weighted by Crippen LogP contribution is -2.45. The van der Waals surface area contributed by atoms with Gasteiger partial charge in [-0.3, -0.25) is 9.89 Å². The molecule has 7 nitrogen and oxygen atoms in total. The number of benzene rings is 1. The van der Waals surface area contributed by atoms with Crippen LogP contribution in [0.25, 0.3) is 0 Å². The standard InChI is InChI=1S/C22H38N4O3.HI/c1-5-28-20-10-9-18(16-21(20)29-6-2)11-12-24-22(23-3)25-17-19-8-7-13-26(19)14-15-27-4;/h9-10,16,19H,5-8,11-15,17H2,1-4H3,(H2,23,24,25);1H. The summed E-state index contributed by atoms with van der Waals surface area (Å²) in [6.45, 7) is 9.87. The zero-order chi connectivity index (χ0) is 20.9. The summed E-state index contributed by atoms with van der Waals surface area (Å²) in [7, 11) is 3.58. The van der Waals surface area contributed by atoms with Crippen molar-refractivity contribution in [1.29, 1.82) is 0 Å². The molecule has 0 bridgehead atoms. The van der Waals surface area contributed by atoms with E-state index in [9.17, 15) is 0 Å². The molecule has 1 atom stereocenters. The molecule has 1 aliphatic heterocycles. The molecule has 30 heavy (non-hydrogen) atoms. The zero-order valence-corrected chi connectivity index (χ0v) is 21.2. The molecule has 0 saturated carbocycles. The van der Waals surface area contributed by atoms with Crippen LogP contribution in [0.2, 0.25) is 0 Å². The minimum atomic E-state index is 0. The Morgan fingerprint density at radius 1 is 1.17 bits per heavy atom. The van der Waals surface area contributed by atoms with Crippen LogP contribution in [0.1, 0.15) is 32.3 Å². The number of nitrogens with one attached hydrogen (secondary N) is 2. The third-order valence-electron chi connectivity index (χ3n) is 5.12. The summed E-state index contributed by atoms with van der Waals surface area (Å²) in [5.41, 5.74) is 1.21. The quantitative estimate of drug-likeness (QED) is 0.244. The molecule has 0 radical (unpaired) electrons. The van der Waals surface area contributed by atoms with Crippen LogP contribution in [0.3, 0.4) is 0 Å². The van der Waals surface area contributed by atoms with Crippen molar-refractivity contribution >= 4 is 29.9 Å². The van der Waals surface area contributed by atoms with Gasteiger partial charge < -0.3 is 24.8 Å². The monoisotopic (exact) mass is 534 g/mol. The van der Waals surface area contributed by atoms with Gasteiger partial charge in [-0.15, -0.1) is 24.0 Å². The zero-order valence-electron chi connectivity index (χ0n) is 18.9. The molecule has 1 aromatic carbocycles. The minimum absolute atomic E-state index is 0. The molecule has 8 heteroatoms. The molecular weight excluding hydrogens is 495 g/mol. The predicted octanol–water partition coefficient (Wildman–Crippen LogP) is 2.92. The first-order chi connectivity index (χ1) is 14.2. The Balaban J connectivity index is 0.00000450. The third-order valence-corrected chi connectivity index (χ3v) is 5.12. The van der Waals surface area contributed by atoms with Gasteiger partial charge in [-0.2, -0.15) is 0 Å². The lowest BCUT2D eigenvalue weighted by atomic mass is 10.1. The molecule has 1 saturated heterocycles. The highest BCUT2D eigenvalue weighted by atomic mass is 127. The van der Waals surface area contributed by atoms with E-state index in [0.29, 0.717) is 19.3 Å². The molecule has 1 fully saturated rings. The van der Waals surface area contributed by atoms with Gasteiger partial charge >= 0.3 is 0 Å². The Kier molecular flexibility index (Phi) is 13.9. The first kappa shape index (κ1) is 26.8. The Hall–Kier alpha value is -1.26. The van der Waals surface area contributed by atoms with Crippen molar-refractivity contribution in [2.75, 3.05) is 60.2 Å². The molecule has 1 heterocycles. The second-order valence-electron chi connectivity index (χ2n) is 7.10. The van der Waals surface area contributed by atoms with E-state index in [1.807, 2.05) is 27.0 Å². The average molecular weight is 534 g/mol. The minimum Gasteiger partial charge on any atom is -0.490 e. The van der Waals surface area contributed by atoms with Gasteiger partial charge in [0.1, 0.15) is 0 Å². The van der Waals surface area contributed by atoms with Gasteiger partial charge in [-0.1, -0.05) is 6.07 Å². The van der Waals surface area contributed by atoms with Gasteiger partial charge in [-0.25, -0.2) is 0 Å². The van der Waals surface area contributed by atoms with Crippen molar-refractivity contribution in [1.82, 2.24) is 15.5 Å². The van der Waals surface area contributed by atoms with Crippen molar-refractivity contribution in [3.63, 3.8) is 0 Å². The fraction of sp³-hybridized carbons (Fsp3) is 0.682. The second kappa shape index (κ2) is 15.5. The van der Waals surface area contributed by atoms with Crippen LogP contribution >= 0.6 is 24.0 Å². The normalized spacial score (nSPS) is 16.8. The maximum absolute atomic E-state index is 5.72. The molecule has 1 aromatic rings. The molecule has 0 amide bonds. The van der Waals surface area contributed by atoms with Crippen molar-refractivity contribution in [2.24, 2.45) is 4.99 Å². The number of likely N-dealkylation sites (tertiary alicyclic amines) is 1. The van der Waals surface area contributed by atoms with Gasteiger partial charge in [-0.05, 0) is 57.4 Å². The fourth-order valence-corrected chi connectivity index (χ4v) is 3.64. The van der Waals surface area contributed by atoms with Crippen molar-refractivity contribution in [2.45, 2.75) is 39.2 Å². The first-order valence-corrected chi connectivity index (χ1v) is 10.8. The van der Waals surface area contributed by atoms with Gasteiger partial charge in [0.05, 0.1) is 19.8 Å². The second-order valence-corrected chi connectivity index (χ2v) is 7.10. The summed E-state index contributed by atoms with van der Waals surface area (Å²) in [6.07, 6.45) is 3.36. The molecule has 1 aliphatic rings.